The standard InChI is InChI=1S/C20H32N2/c1-4-5-6-7-8-9-13-16-19-21-20(2,3)17-22(19)18-14-11-10-12-15-18/h10-12,14-15H,4-9,13,16-17H2,1-3H3. The van der Waals surface area contributed by atoms with Crippen LogP contribution in [0.5, 0.6) is 0 Å². The number of hydrogen-bond acceptors (Lipinski definition) is 2. The quantitative estimate of drug-likeness (QED) is 0.524. The van der Waals surface area contributed by atoms with E-state index in [4.69, 9.17) is 4.99 Å². The van der Waals surface area contributed by atoms with Crippen LogP contribution in [0.4, 0.5) is 5.69 Å². The highest BCUT2D eigenvalue weighted by Gasteiger charge is 2.31. The largest absolute Gasteiger partial charge is 0.328 e. The molecule has 0 radical (unpaired) electrons. The second-order valence-electron chi connectivity index (χ2n) is 7.13. The Bertz CT molecular complexity index is 462. The summed E-state index contributed by atoms with van der Waals surface area (Å²) in [4.78, 5) is 7.38. The molecule has 0 unspecified atom stereocenters. The maximum Gasteiger partial charge on any atom is 0.104 e. The molecule has 0 spiro atoms. The van der Waals surface area contributed by atoms with Crippen molar-refractivity contribution in [3.8, 4) is 0 Å². The predicted octanol–water partition coefficient (Wildman–Crippen LogP) is 5.82. The van der Waals surface area contributed by atoms with Crippen LogP contribution in [0.15, 0.2) is 35.3 Å². The van der Waals surface area contributed by atoms with Crippen LogP contribution < -0.4 is 4.90 Å². The van der Waals surface area contributed by atoms with E-state index < -0.39 is 0 Å². The fourth-order valence-corrected chi connectivity index (χ4v) is 3.20. The average Bonchev–Trinajstić information content (AvgIpc) is 2.82. The van der Waals surface area contributed by atoms with E-state index in [1.54, 1.807) is 0 Å². The van der Waals surface area contributed by atoms with Crippen molar-refractivity contribution in [2.45, 2.75) is 77.7 Å². The molecule has 0 amide bonds. The molecule has 1 aliphatic rings. The molecule has 0 aliphatic carbocycles. The van der Waals surface area contributed by atoms with Gasteiger partial charge in [0.05, 0.1) is 5.54 Å². The molecule has 2 heteroatoms. The zero-order valence-corrected chi connectivity index (χ0v) is 14.6. The smallest absolute Gasteiger partial charge is 0.104 e. The van der Waals surface area contributed by atoms with Gasteiger partial charge in [0.2, 0.25) is 0 Å². The molecule has 22 heavy (non-hydrogen) atoms. The zero-order valence-electron chi connectivity index (χ0n) is 14.6. The fourth-order valence-electron chi connectivity index (χ4n) is 3.20. The lowest BCUT2D eigenvalue weighted by Crippen LogP contribution is -2.32. The Hall–Kier alpha value is -1.31. The Morgan fingerprint density at radius 3 is 2.27 bits per heavy atom. The van der Waals surface area contributed by atoms with Gasteiger partial charge in [0.15, 0.2) is 0 Å². The number of para-hydroxylation sites is 1. The van der Waals surface area contributed by atoms with Gasteiger partial charge in [-0.3, -0.25) is 4.99 Å². The maximum absolute atomic E-state index is 4.97. The van der Waals surface area contributed by atoms with Gasteiger partial charge in [-0.1, -0.05) is 63.6 Å². The number of hydrogen-bond donors (Lipinski definition) is 0. The fraction of sp³-hybridized carbons (Fsp3) is 0.650. The Labute approximate surface area is 136 Å². The van der Waals surface area contributed by atoms with Crippen LogP contribution in [0, 0.1) is 0 Å². The topological polar surface area (TPSA) is 15.6 Å². The summed E-state index contributed by atoms with van der Waals surface area (Å²) < 4.78 is 0. The molecular weight excluding hydrogens is 268 g/mol. The van der Waals surface area contributed by atoms with E-state index in [9.17, 15) is 0 Å². The second-order valence-corrected chi connectivity index (χ2v) is 7.13. The van der Waals surface area contributed by atoms with Gasteiger partial charge in [0.1, 0.15) is 5.84 Å². The SMILES string of the molecule is CCCCCCCCCC1=NC(C)(C)CN1c1ccccc1. The Morgan fingerprint density at radius 1 is 0.955 bits per heavy atom. The number of anilines is 1. The highest BCUT2D eigenvalue weighted by molar-refractivity contribution is 6.00. The Morgan fingerprint density at radius 2 is 1.59 bits per heavy atom. The number of benzene rings is 1. The molecule has 122 valence electrons. The number of aliphatic imine (C=N–C) groups is 1. The van der Waals surface area contributed by atoms with Crippen molar-refractivity contribution in [2.75, 3.05) is 11.4 Å². The Balaban J connectivity index is 1.82. The van der Waals surface area contributed by atoms with Gasteiger partial charge < -0.3 is 4.90 Å². The molecule has 1 aliphatic heterocycles. The van der Waals surface area contributed by atoms with Crippen molar-refractivity contribution >= 4 is 11.5 Å². The van der Waals surface area contributed by atoms with Crippen LogP contribution in [0.2, 0.25) is 0 Å². The van der Waals surface area contributed by atoms with E-state index in [1.807, 2.05) is 0 Å². The average molecular weight is 300 g/mol. The number of unbranched alkanes of at least 4 members (excludes halogenated alkanes) is 6. The van der Waals surface area contributed by atoms with Crippen LogP contribution >= 0.6 is 0 Å². The van der Waals surface area contributed by atoms with Gasteiger partial charge in [0, 0.05) is 18.7 Å². The van der Waals surface area contributed by atoms with E-state index in [1.165, 1.54) is 56.5 Å². The summed E-state index contributed by atoms with van der Waals surface area (Å²) in [5, 5.41) is 0. The molecule has 1 aromatic carbocycles. The van der Waals surface area contributed by atoms with Crippen LogP contribution in [-0.2, 0) is 0 Å². The van der Waals surface area contributed by atoms with Crippen LogP contribution in [0.1, 0.15) is 72.1 Å². The van der Waals surface area contributed by atoms with Crippen molar-refractivity contribution < 1.29 is 0 Å². The van der Waals surface area contributed by atoms with Crippen molar-refractivity contribution in [3.63, 3.8) is 0 Å². The summed E-state index contributed by atoms with van der Waals surface area (Å²) >= 11 is 0. The van der Waals surface area contributed by atoms with Gasteiger partial charge in [-0.15, -0.1) is 0 Å². The van der Waals surface area contributed by atoms with Gasteiger partial charge in [-0.25, -0.2) is 0 Å². The number of nitrogens with zero attached hydrogens (tertiary/aromatic N) is 2. The molecule has 0 saturated carbocycles. The highest BCUT2D eigenvalue weighted by atomic mass is 15.3. The van der Waals surface area contributed by atoms with E-state index >= 15 is 0 Å². The molecule has 0 atom stereocenters. The lowest BCUT2D eigenvalue weighted by molar-refractivity contribution is 0.564. The lowest BCUT2D eigenvalue weighted by atomic mass is 10.1. The van der Waals surface area contributed by atoms with Crippen LogP contribution in [0.3, 0.4) is 0 Å². The summed E-state index contributed by atoms with van der Waals surface area (Å²) in [5.41, 5.74) is 1.33. The van der Waals surface area contributed by atoms with E-state index in [2.05, 4.69) is 56.0 Å². The third-order valence-electron chi connectivity index (χ3n) is 4.36. The van der Waals surface area contributed by atoms with E-state index in [0.29, 0.717) is 0 Å². The van der Waals surface area contributed by atoms with Crippen molar-refractivity contribution in [2.24, 2.45) is 4.99 Å². The molecule has 2 rings (SSSR count). The summed E-state index contributed by atoms with van der Waals surface area (Å²) in [7, 11) is 0. The highest BCUT2D eigenvalue weighted by Crippen LogP contribution is 2.28. The van der Waals surface area contributed by atoms with Crippen molar-refractivity contribution in [1.29, 1.82) is 0 Å². The van der Waals surface area contributed by atoms with Gasteiger partial charge >= 0.3 is 0 Å². The monoisotopic (exact) mass is 300 g/mol. The number of rotatable bonds is 9. The summed E-state index contributed by atoms with van der Waals surface area (Å²) in [6, 6.07) is 10.7. The minimum absolute atomic E-state index is 0.0479. The van der Waals surface area contributed by atoms with Crippen molar-refractivity contribution in [1.82, 2.24) is 0 Å². The second kappa shape index (κ2) is 8.36. The molecule has 0 bridgehead atoms. The van der Waals surface area contributed by atoms with Crippen LogP contribution in [-0.4, -0.2) is 17.9 Å². The predicted molar refractivity (Wildman–Crippen MR) is 97.9 cm³/mol. The molecule has 0 saturated heterocycles. The molecule has 2 nitrogen and oxygen atoms in total. The molecular formula is C20H32N2. The first-order chi connectivity index (χ1) is 10.6. The van der Waals surface area contributed by atoms with Gasteiger partial charge in [-0.2, -0.15) is 0 Å². The third-order valence-corrected chi connectivity index (χ3v) is 4.36. The minimum atomic E-state index is 0.0479. The minimum Gasteiger partial charge on any atom is -0.328 e. The maximum atomic E-state index is 4.97. The lowest BCUT2D eigenvalue weighted by Gasteiger charge is -2.23. The van der Waals surface area contributed by atoms with Gasteiger partial charge in [-0.05, 0) is 32.4 Å². The molecule has 1 aromatic rings. The van der Waals surface area contributed by atoms with E-state index in [-0.39, 0.29) is 5.54 Å². The van der Waals surface area contributed by atoms with Crippen molar-refractivity contribution in [3.05, 3.63) is 30.3 Å². The first-order valence-corrected chi connectivity index (χ1v) is 9.04. The molecule has 0 fully saturated rings. The van der Waals surface area contributed by atoms with Crippen LogP contribution in [0.25, 0.3) is 0 Å². The molecule has 1 heterocycles. The third kappa shape index (κ3) is 5.15. The Kier molecular flexibility index (Phi) is 6.48. The normalized spacial score (nSPS) is 16.9. The molecule has 0 N–H and O–H groups in total. The summed E-state index contributed by atoms with van der Waals surface area (Å²) in [5.74, 6) is 1.28. The first-order valence-electron chi connectivity index (χ1n) is 9.04. The van der Waals surface area contributed by atoms with E-state index in [0.717, 1.165) is 13.0 Å². The van der Waals surface area contributed by atoms with Gasteiger partial charge in [0.25, 0.3) is 0 Å². The number of amidine groups is 1. The zero-order chi connectivity index (χ0) is 15.8. The summed E-state index contributed by atoms with van der Waals surface area (Å²) in [6.45, 7) is 7.75. The molecule has 0 aromatic heterocycles. The first kappa shape index (κ1) is 17.1. The summed E-state index contributed by atoms with van der Waals surface area (Å²) in [6.07, 6.45) is 10.6.